The number of carbonyl (C=O) groups excluding carboxylic acids is 2. The molecule has 144 valence electrons. The number of aromatic nitrogens is 2. The Morgan fingerprint density at radius 1 is 1.26 bits per heavy atom. The van der Waals surface area contributed by atoms with E-state index in [4.69, 9.17) is 4.74 Å². The molecule has 1 aliphatic rings. The van der Waals surface area contributed by atoms with E-state index in [0.717, 1.165) is 42.2 Å². The lowest BCUT2D eigenvalue weighted by Gasteiger charge is -2.17. The Bertz CT molecular complexity index is 815. The minimum atomic E-state index is -0.00798. The molecule has 0 bridgehead atoms. The lowest BCUT2D eigenvalue weighted by Crippen LogP contribution is -2.28. The standard InChI is InChI=1S/C20H26N4O3/c1-15(25)23-9-4-10-24-18(14-23)12-17(22-24)13-21-20(26)8-7-16-5-3-6-19(11-16)27-2/h3,5-6,11-12H,4,7-10,13-14H2,1-2H3,(H,21,26). The molecule has 0 atom stereocenters. The van der Waals surface area contributed by atoms with Crippen molar-refractivity contribution in [1.82, 2.24) is 20.0 Å². The van der Waals surface area contributed by atoms with Crippen LogP contribution in [-0.2, 0) is 35.6 Å². The van der Waals surface area contributed by atoms with Crippen LogP contribution in [0.15, 0.2) is 30.3 Å². The number of amides is 2. The highest BCUT2D eigenvalue weighted by atomic mass is 16.5. The molecule has 7 nitrogen and oxygen atoms in total. The Kier molecular flexibility index (Phi) is 6.11. The van der Waals surface area contributed by atoms with Gasteiger partial charge in [-0.05, 0) is 36.6 Å². The zero-order chi connectivity index (χ0) is 19.2. The zero-order valence-corrected chi connectivity index (χ0v) is 15.9. The molecular weight excluding hydrogens is 344 g/mol. The van der Waals surface area contributed by atoms with Crippen LogP contribution in [0.1, 0.15) is 36.7 Å². The lowest BCUT2D eigenvalue weighted by molar-refractivity contribution is -0.129. The number of methoxy groups -OCH3 is 1. The number of rotatable bonds is 6. The van der Waals surface area contributed by atoms with Gasteiger partial charge in [-0.1, -0.05) is 12.1 Å². The second-order valence-electron chi connectivity index (χ2n) is 6.77. The van der Waals surface area contributed by atoms with Gasteiger partial charge < -0.3 is 15.0 Å². The fourth-order valence-corrected chi connectivity index (χ4v) is 3.24. The van der Waals surface area contributed by atoms with Gasteiger partial charge >= 0.3 is 0 Å². The maximum Gasteiger partial charge on any atom is 0.220 e. The van der Waals surface area contributed by atoms with Crippen LogP contribution in [0.3, 0.4) is 0 Å². The Balaban J connectivity index is 1.50. The SMILES string of the molecule is COc1cccc(CCC(=O)NCc2cc3n(n2)CCCN(C(C)=O)C3)c1. The summed E-state index contributed by atoms with van der Waals surface area (Å²) in [6.45, 7) is 4.12. The van der Waals surface area contributed by atoms with E-state index in [1.54, 1.807) is 14.0 Å². The monoisotopic (exact) mass is 370 g/mol. The van der Waals surface area contributed by atoms with Crippen molar-refractivity contribution < 1.29 is 14.3 Å². The van der Waals surface area contributed by atoms with E-state index in [-0.39, 0.29) is 11.8 Å². The molecule has 0 saturated carbocycles. The molecule has 0 fully saturated rings. The van der Waals surface area contributed by atoms with Crippen LogP contribution in [-0.4, -0.2) is 40.1 Å². The van der Waals surface area contributed by atoms with Gasteiger partial charge in [-0.3, -0.25) is 14.3 Å². The van der Waals surface area contributed by atoms with Crippen molar-refractivity contribution in [3.8, 4) is 5.75 Å². The van der Waals surface area contributed by atoms with Crippen LogP contribution in [0.25, 0.3) is 0 Å². The van der Waals surface area contributed by atoms with Crippen molar-refractivity contribution in [1.29, 1.82) is 0 Å². The first-order valence-corrected chi connectivity index (χ1v) is 9.26. The summed E-state index contributed by atoms with van der Waals surface area (Å²) in [6, 6.07) is 9.72. The lowest BCUT2D eigenvalue weighted by atomic mass is 10.1. The summed E-state index contributed by atoms with van der Waals surface area (Å²) in [6.07, 6.45) is 1.97. The Labute approximate surface area is 159 Å². The maximum atomic E-state index is 12.2. The minimum absolute atomic E-state index is 0.00798. The summed E-state index contributed by atoms with van der Waals surface area (Å²) < 4.78 is 7.15. The van der Waals surface area contributed by atoms with Gasteiger partial charge in [0.05, 0.1) is 31.6 Å². The molecule has 2 aromatic rings. The van der Waals surface area contributed by atoms with Crippen molar-refractivity contribution in [2.75, 3.05) is 13.7 Å². The fraction of sp³-hybridized carbons (Fsp3) is 0.450. The molecular formula is C20H26N4O3. The van der Waals surface area contributed by atoms with E-state index in [1.165, 1.54) is 0 Å². The highest BCUT2D eigenvalue weighted by molar-refractivity contribution is 5.76. The molecule has 0 unspecified atom stereocenters. The van der Waals surface area contributed by atoms with Crippen LogP contribution in [0.5, 0.6) is 5.75 Å². The van der Waals surface area contributed by atoms with Gasteiger partial charge in [0.15, 0.2) is 0 Å². The third-order valence-electron chi connectivity index (χ3n) is 4.75. The summed E-state index contributed by atoms with van der Waals surface area (Å²) in [7, 11) is 1.63. The number of nitrogens with one attached hydrogen (secondary N) is 1. The van der Waals surface area contributed by atoms with Gasteiger partial charge in [-0.25, -0.2) is 0 Å². The molecule has 1 aromatic carbocycles. The smallest absolute Gasteiger partial charge is 0.220 e. The maximum absolute atomic E-state index is 12.2. The van der Waals surface area contributed by atoms with E-state index in [2.05, 4.69) is 10.4 Å². The number of fused-ring (bicyclic) bond motifs is 1. The average Bonchev–Trinajstić information content (AvgIpc) is 2.94. The fourth-order valence-electron chi connectivity index (χ4n) is 3.24. The normalized spacial score (nSPS) is 13.6. The highest BCUT2D eigenvalue weighted by Crippen LogP contribution is 2.15. The number of carbonyl (C=O) groups is 2. The third-order valence-corrected chi connectivity index (χ3v) is 4.75. The molecule has 1 aromatic heterocycles. The molecule has 0 saturated heterocycles. The summed E-state index contributed by atoms with van der Waals surface area (Å²) in [4.78, 5) is 25.6. The number of hydrogen-bond donors (Lipinski definition) is 1. The van der Waals surface area contributed by atoms with Gasteiger partial charge in [-0.15, -0.1) is 0 Å². The molecule has 2 heterocycles. The highest BCUT2D eigenvalue weighted by Gasteiger charge is 2.18. The molecule has 7 heteroatoms. The van der Waals surface area contributed by atoms with Crippen LogP contribution in [0.4, 0.5) is 0 Å². The number of ether oxygens (including phenoxy) is 1. The van der Waals surface area contributed by atoms with Gasteiger partial charge in [0, 0.05) is 26.4 Å². The molecule has 1 N–H and O–H groups in total. The summed E-state index contributed by atoms with van der Waals surface area (Å²) in [5.74, 6) is 0.871. The van der Waals surface area contributed by atoms with Crippen molar-refractivity contribution in [2.24, 2.45) is 0 Å². The van der Waals surface area contributed by atoms with E-state index in [0.29, 0.717) is 25.9 Å². The second-order valence-corrected chi connectivity index (χ2v) is 6.77. The van der Waals surface area contributed by atoms with Gasteiger partial charge in [-0.2, -0.15) is 5.10 Å². The molecule has 27 heavy (non-hydrogen) atoms. The van der Waals surface area contributed by atoms with Crippen molar-refractivity contribution in [2.45, 2.75) is 45.8 Å². The van der Waals surface area contributed by atoms with E-state index >= 15 is 0 Å². The van der Waals surface area contributed by atoms with E-state index < -0.39 is 0 Å². The molecule has 1 aliphatic heterocycles. The first-order valence-electron chi connectivity index (χ1n) is 9.26. The molecule has 0 radical (unpaired) electrons. The molecule has 3 rings (SSSR count). The number of hydrogen-bond acceptors (Lipinski definition) is 4. The van der Waals surface area contributed by atoms with E-state index in [9.17, 15) is 9.59 Å². The van der Waals surface area contributed by atoms with E-state index in [1.807, 2.05) is 39.9 Å². The van der Waals surface area contributed by atoms with Crippen LogP contribution < -0.4 is 10.1 Å². The Morgan fingerprint density at radius 3 is 2.89 bits per heavy atom. The van der Waals surface area contributed by atoms with Crippen LogP contribution >= 0.6 is 0 Å². The van der Waals surface area contributed by atoms with Crippen molar-refractivity contribution in [3.05, 3.63) is 47.3 Å². The first kappa shape index (κ1) is 18.9. The first-order chi connectivity index (χ1) is 13.0. The van der Waals surface area contributed by atoms with Crippen LogP contribution in [0.2, 0.25) is 0 Å². The van der Waals surface area contributed by atoms with Crippen LogP contribution in [0, 0.1) is 0 Å². The average molecular weight is 370 g/mol. The summed E-state index contributed by atoms with van der Waals surface area (Å²) in [5, 5.41) is 7.49. The summed E-state index contributed by atoms with van der Waals surface area (Å²) >= 11 is 0. The third kappa shape index (κ3) is 5.09. The van der Waals surface area contributed by atoms with Gasteiger partial charge in [0.1, 0.15) is 5.75 Å². The number of nitrogens with zero attached hydrogens (tertiary/aromatic N) is 3. The van der Waals surface area contributed by atoms with Crippen molar-refractivity contribution >= 4 is 11.8 Å². The topological polar surface area (TPSA) is 76.5 Å². The predicted molar refractivity (Wildman–Crippen MR) is 101 cm³/mol. The quantitative estimate of drug-likeness (QED) is 0.843. The molecule has 2 amide bonds. The van der Waals surface area contributed by atoms with Gasteiger partial charge in [0.25, 0.3) is 0 Å². The Morgan fingerprint density at radius 2 is 2.11 bits per heavy atom. The number of aryl methyl sites for hydroxylation is 2. The number of benzene rings is 1. The zero-order valence-electron chi connectivity index (χ0n) is 15.9. The minimum Gasteiger partial charge on any atom is -0.497 e. The predicted octanol–water partition coefficient (Wildman–Crippen LogP) is 1.89. The Hall–Kier alpha value is -2.83. The largest absolute Gasteiger partial charge is 0.497 e. The van der Waals surface area contributed by atoms with Crippen molar-refractivity contribution in [3.63, 3.8) is 0 Å². The second kappa shape index (κ2) is 8.70. The van der Waals surface area contributed by atoms with Gasteiger partial charge in [0.2, 0.25) is 11.8 Å². The summed E-state index contributed by atoms with van der Waals surface area (Å²) in [5.41, 5.74) is 2.91. The molecule has 0 spiro atoms. The molecule has 0 aliphatic carbocycles.